The van der Waals surface area contributed by atoms with Gasteiger partial charge in [0.1, 0.15) is 11.6 Å². The molecular weight excluding hydrogens is 278 g/mol. The van der Waals surface area contributed by atoms with Crippen LogP contribution in [0.5, 0.6) is 0 Å². The van der Waals surface area contributed by atoms with Crippen molar-refractivity contribution in [2.75, 3.05) is 16.8 Å². The fourth-order valence-corrected chi connectivity index (χ4v) is 3.02. The van der Waals surface area contributed by atoms with Gasteiger partial charge in [-0.2, -0.15) is 4.98 Å². The normalized spacial score (nSPS) is 18.5. The number of aryl methyl sites for hydroxylation is 2. The maximum atomic E-state index is 5.07. The van der Waals surface area contributed by atoms with Crippen LogP contribution in [0, 0.1) is 13.8 Å². The molecule has 0 bridgehead atoms. The fourth-order valence-electron chi connectivity index (χ4n) is 3.02. The first kappa shape index (κ1) is 14.8. The Labute approximate surface area is 130 Å². The molecule has 6 heteroatoms. The monoisotopic (exact) mass is 301 g/mol. The van der Waals surface area contributed by atoms with Crippen molar-refractivity contribution in [2.24, 2.45) is 0 Å². The molecule has 1 unspecified atom stereocenters. The third-order valence-corrected chi connectivity index (χ3v) is 4.10. The van der Waals surface area contributed by atoms with E-state index in [4.69, 9.17) is 4.52 Å². The summed E-state index contributed by atoms with van der Waals surface area (Å²) in [7, 11) is 0. The number of rotatable bonds is 4. The van der Waals surface area contributed by atoms with Crippen LogP contribution in [0.25, 0.3) is 0 Å². The van der Waals surface area contributed by atoms with Gasteiger partial charge in [-0.05, 0) is 39.5 Å². The molecule has 3 heterocycles. The third-order valence-electron chi connectivity index (χ3n) is 4.10. The van der Waals surface area contributed by atoms with Crippen molar-refractivity contribution in [3.8, 4) is 0 Å². The topological polar surface area (TPSA) is 67.1 Å². The summed E-state index contributed by atoms with van der Waals surface area (Å²) in [5, 5.41) is 7.06. The summed E-state index contributed by atoms with van der Waals surface area (Å²) in [6.45, 7) is 7.17. The SMILES string of the molecule is CCC1CCCCN1c1cc(C)nc(Nc2cc(C)on2)n1. The molecule has 1 atom stereocenters. The summed E-state index contributed by atoms with van der Waals surface area (Å²) in [6, 6.07) is 4.47. The van der Waals surface area contributed by atoms with Crippen molar-refractivity contribution in [2.45, 2.75) is 52.5 Å². The molecule has 0 spiro atoms. The summed E-state index contributed by atoms with van der Waals surface area (Å²) in [6.07, 6.45) is 4.92. The lowest BCUT2D eigenvalue weighted by Gasteiger charge is -2.36. The van der Waals surface area contributed by atoms with E-state index in [1.54, 1.807) is 0 Å². The highest BCUT2D eigenvalue weighted by molar-refractivity contribution is 5.52. The highest BCUT2D eigenvalue weighted by Crippen LogP contribution is 2.26. The molecule has 2 aromatic heterocycles. The van der Waals surface area contributed by atoms with E-state index >= 15 is 0 Å². The van der Waals surface area contributed by atoms with Gasteiger partial charge in [0, 0.05) is 30.4 Å². The fraction of sp³-hybridized carbons (Fsp3) is 0.562. The largest absolute Gasteiger partial charge is 0.360 e. The van der Waals surface area contributed by atoms with E-state index in [0.717, 1.165) is 30.2 Å². The Bertz CT molecular complexity index is 639. The van der Waals surface area contributed by atoms with Gasteiger partial charge in [-0.1, -0.05) is 12.1 Å². The summed E-state index contributed by atoms with van der Waals surface area (Å²) in [5.74, 6) is 2.97. The molecule has 1 aliphatic heterocycles. The quantitative estimate of drug-likeness (QED) is 0.930. The average Bonchev–Trinajstić information content (AvgIpc) is 2.91. The molecule has 6 nitrogen and oxygen atoms in total. The lowest BCUT2D eigenvalue weighted by atomic mass is 10.00. The zero-order valence-electron chi connectivity index (χ0n) is 13.5. The summed E-state index contributed by atoms with van der Waals surface area (Å²) in [4.78, 5) is 11.5. The molecule has 1 aliphatic rings. The van der Waals surface area contributed by atoms with E-state index in [1.807, 2.05) is 19.9 Å². The van der Waals surface area contributed by atoms with E-state index in [1.165, 1.54) is 19.3 Å². The minimum absolute atomic E-state index is 0.573. The highest BCUT2D eigenvalue weighted by Gasteiger charge is 2.22. The first-order chi connectivity index (χ1) is 10.7. The minimum atomic E-state index is 0.573. The van der Waals surface area contributed by atoms with E-state index in [2.05, 4.69) is 38.3 Å². The van der Waals surface area contributed by atoms with Gasteiger partial charge in [0.2, 0.25) is 5.95 Å². The van der Waals surface area contributed by atoms with Crippen molar-refractivity contribution < 1.29 is 4.52 Å². The van der Waals surface area contributed by atoms with E-state index in [9.17, 15) is 0 Å². The number of hydrogen-bond donors (Lipinski definition) is 1. The minimum Gasteiger partial charge on any atom is -0.360 e. The van der Waals surface area contributed by atoms with Crippen LogP contribution in [-0.2, 0) is 0 Å². The Morgan fingerprint density at radius 2 is 2.14 bits per heavy atom. The number of hydrogen-bond acceptors (Lipinski definition) is 6. The van der Waals surface area contributed by atoms with Gasteiger partial charge in [-0.25, -0.2) is 4.98 Å². The van der Waals surface area contributed by atoms with Gasteiger partial charge in [0.15, 0.2) is 5.82 Å². The van der Waals surface area contributed by atoms with Crippen LogP contribution in [0.2, 0.25) is 0 Å². The molecular formula is C16H23N5O. The molecule has 1 fully saturated rings. The lowest BCUT2D eigenvalue weighted by molar-refractivity contribution is 0.400. The molecule has 0 aromatic carbocycles. The molecule has 118 valence electrons. The Hall–Kier alpha value is -2.11. The standard InChI is InChI=1S/C16H23N5O/c1-4-13-7-5-6-8-21(13)15-9-11(2)17-16(19-15)18-14-10-12(3)22-20-14/h9-10,13H,4-8H2,1-3H3,(H,17,18,19,20). The first-order valence-corrected chi connectivity index (χ1v) is 7.98. The first-order valence-electron chi connectivity index (χ1n) is 7.98. The van der Waals surface area contributed by atoms with Crippen LogP contribution in [-0.4, -0.2) is 27.7 Å². The average molecular weight is 301 g/mol. The summed E-state index contributed by atoms with van der Waals surface area (Å²) >= 11 is 0. The van der Waals surface area contributed by atoms with Crippen molar-refractivity contribution in [1.82, 2.24) is 15.1 Å². The third kappa shape index (κ3) is 3.21. The van der Waals surface area contributed by atoms with Gasteiger partial charge in [0.25, 0.3) is 0 Å². The molecule has 1 N–H and O–H groups in total. The number of anilines is 3. The maximum Gasteiger partial charge on any atom is 0.230 e. The Kier molecular flexibility index (Phi) is 4.27. The lowest BCUT2D eigenvalue weighted by Crippen LogP contribution is -2.39. The molecule has 3 rings (SSSR count). The van der Waals surface area contributed by atoms with Gasteiger partial charge in [0.05, 0.1) is 0 Å². The predicted octanol–water partition coefficient (Wildman–Crippen LogP) is 3.59. The summed E-state index contributed by atoms with van der Waals surface area (Å²) in [5.41, 5.74) is 0.952. The summed E-state index contributed by atoms with van der Waals surface area (Å²) < 4.78 is 5.07. The van der Waals surface area contributed by atoms with E-state index in [-0.39, 0.29) is 0 Å². The molecule has 2 aromatic rings. The predicted molar refractivity (Wildman–Crippen MR) is 86.6 cm³/mol. The Balaban J connectivity index is 1.85. The highest BCUT2D eigenvalue weighted by atomic mass is 16.5. The van der Waals surface area contributed by atoms with Crippen LogP contribution in [0.1, 0.15) is 44.1 Å². The van der Waals surface area contributed by atoms with Gasteiger partial charge >= 0.3 is 0 Å². The number of aromatic nitrogens is 3. The van der Waals surface area contributed by atoms with Crippen LogP contribution in [0.15, 0.2) is 16.7 Å². The Morgan fingerprint density at radius 1 is 1.27 bits per heavy atom. The zero-order valence-corrected chi connectivity index (χ0v) is 13.5. The Morgan fingerprint density at radius 3 is 2.86 bits per heavy atom. The second-order valence-corrected chi connectivity index (χ2v) is 5.89. The second-order valence-electron chi connectivity index (χ2n) is 5.89. The van der Waals surface area contributed by atoms with Crippen molar-refractivity contribution >= 4 is 17.6 Å². The molecule has 22 heavy (non-hydrogen) atoms. The second kappa shape index (κ2) is 6.34. The van der Waals surface area contributed by atoms with Gasteiger partial charge < -0.3 is 14.7 Å². The molecule has 0 amide bonds. The van der Waals surface area contributed by atoms with Crippen LogP contribution < -0.4 is 10.2 Å². The molecule has 0 aliphatic carbocycles. The smallest absolute Gasteiger partial charge is 0.230 e. The number of nitrogens with zero attached hydrogens (tertiary/aromatic N) is 4. The van der Waals surface area contributed by atoms with Gasteiger partial charge in [-0.3, -0.25) is 0 Å². The number of piperidine rings is 1. The van der Waals surface area contributed by atoms with Crippen LogP contribution in [0.4, 0.5) is 17.6 Å². The van der Waals surface area contributed by atoms with Gasteiger partial charge in [-0.15, -0.1) is 0 Å². The molecule has 0 radical (unpaired) electrons. The van der Waals surface area contributed by atoms with E-state index < -0.39 is 0 Å². The number of nitrogens with one attached hydrogen (secondary N) is 1. The molecule has 1 saturated heterocycles. The molecule has 0 saturated carbocycles. The maximum absolute atomic E-state index is 5.07. The van der Waals surface area contributed by atoms with Crippen LogP contribution in [0.3, 0.4) is 0 Å². The van der Waals surface area contributed by atoms with Crippen molar-refractivity contribution in [3.05, 3.63) is 23.6 Å². The zero-order chi connectivity index (χ0) is 15.5. The van der Waals surface area contributed by atoms with E-state index in [0.29, 0.717) is 17.8 Å². The van der Waals surface area contributed by atoms with Crippen LogP contribution >= 0.6 is 0 Å². The van der Waals surface area contributed by atoms with Crippen molar-refractivity contribution in [1.29, 1.82) is 0 Å². The van der Waals surface area contributed by atoms with Crippen molar-refractivity contribution in [3.63, 3.8) is 0 Å².